The quantitative estimate of drug-likeness (QED) is 0.398. The summed E-state index contributed by atoms with van der Waals surface area (Å²) < 4.78 is 0. The number of carbonyl (C=O) groups is 1. The maximum Gasteiger partial charge on any atom is 0.214 e. The highest BCUT2D eigenvalue weighted by Crippen LogP contribution is 2.22. The van der Waals surface area contributed by atoms with Gasteiger partial charge in [0.25, 0.3) is 0 Å². The van der Waals surface area contributed by atoms with Crippen LogP contribution >= 0.6 is 11.3 Å². The van der Waals surface area contributed by atoms with E-state index in [2.05, 4.69) is 4.99 Å². The fourth-order valence-corrected chi connectivity index (χ4v) is 1.34. The van der Waals surface area contributed by atoms with Crippen molar-refractivity contribution in [2.75, 3.05) is 7.05 Å². The second-order valence-electron chi connectivity index (χ2n) is 2.38. The van der Waals surface area contributed by atoms with Gasteiger partial charge in [-0.1, -0.05) is 0 Å². The summed E-state index contributed by atoms with van der Waals surface area (Å²) in [4.78, 5) is 16.8. The standard InChI is InChI=1S/C8H10N2OS/c1-7-8(3-4-12-7)9-5-10(2)6-11/h3-6H,1-2H3. The Morgan fingerprint density at radius 3 is 2.92 bits per heavy atom. The van der Waals surface area contributed by atoms with E-state index in [1.807, 2.05) is 18.4 Å². The SMILES string of the molecule is Cc1sccc1N=CN(C)C=O. The average Bonchev–Trinajstić information content (AvgIpc) is 2.47. The zero-order valence-corrected chi connectivity index (χ0v) is 7.84. The molecule has 1 heterocycles. The van der Waals surface area contributed by atoms with Gasteiger partial charge in [0.15, 0.2) is 0 Å². The van der Waals surface area contributed by atoms with Crippen LogP contribution in [-0.4, -0.2) is 24.7 Å². The molecule has 0 aliphatic heterocycles. The van der Waals surface area contributed by atoms with Crippen molar-refractivity contribution in [3.05, 3.63) is 16.3 Å². The molecule has 0 saturated heterocycles. The predicted molar refractivity (Wildman–Crippen MR) is 51.0 cm³/mol. The van der Waals surface area contributed by atoms with Crippen LogP contribution in [0.1, 0.15) is 4.88 Å². The number of carbonyl (C=O) groups excluding carboxylic acids is 1. The Morgan fingerprint density at radius 1 is 1.67 bits per heavy atom. The fourth-order valence-electron chi connectivity index (χ4n) is 0.693. The number of hydrogen-bond acceptors (Lipinski definition) is 3. The minimum Gasteiger partial charge on any atom is -0.309 e. The highest BCUT2D eigenvalue weighted by Gasteiger charge is 1.94. The minimum absolute atomic E-state index is 0.713. The van der Waals surface area contributed by atoms with E-state index in [0.29, 0.717) is 6.41 Å². The van der Waals surface area contributed by atoms with Gasteiger partial charge in [0, 0.05) is 11.9 Å². The summed E-state index contributed by atoms with van der Waals surface area (Å²) >= 11 is 1.64. The van der Waals surface area contributed by atoms with Crippen molar-refractivity contribution in [2.45, 2.75) is 6.92 Å². The van der Waals surface area contributed by atoms with Gasteiger partial charge in [0.05, 0.1) is 12.0 Å². The third-order valence-electron chi connectivity index (χ3n) is 1.38. The lowest BCUT2D eigenvalue weighted by Gasteiger charge is -1.99. The number of thiophene rings is 1. The molecule has 0 atom stereocenters. The van der Waals surface area contributed by atoms with E-state index >= 15 is 0 Å². The highest BCUT2D eigenvalue weighted by atomic mass is 32.1. The molecule has 0 radical (unpaired) electrons. The molecule has 0 bridgehead atoms. The molecular formula is C8H10N2OS. The molecule has 1 aromatic rings. The molecule has 0 N–H and O–H groups in total. The van der Waals surface area contributed by atoms with Gasteiger partial charge in [-0.15, -0.1) is 11.3 Å². The Balaban J connectivity index is 2.69. The van der Waals surface area contributed by atoms with Crippen molar-refractivity contribution < 1.29 is 4.79 Å². The Bertz CT molecular complexity index is 293. The molecule has 1 amide bonds. The van der Waals surface area contributed by atoms with E-state index in [1.54, 1.807) is 18.4 Å². The van der Waals surface area contributed by atoms with Crippen LogP contribution in [0.25, 0.3) is 0 Å². The molecule has 3 nitrogen and oxygen atoms in total. The number of nitrogens with zero attached hydrogens (tertiary/aromatic N) is 2. The topological polar surface area (TPSA) is 32.7 Å². The van der Waals surface area contributed by atoms with Crippen LogP contribution in [0.15, 0.2) is 16.4 Å². The second-order valence-corrected chi connectivity index (χ2v) is 3.50. The van der Waals surface area contributed by atoms with Crippen LogP contribution in [0, 0.1) is 6.92 Å². The molecule has 0 aromatic carbocycles. The molecule has 0 fully saturated rings. The number of amides is 1. The van der Waals surface area contributed by atoms with Crippen molar-refractivity contribution in [1.29, 1.82) is 0 Å². The molecule has 0 aliphatic carbocycles. The molecule has 12 heavy (non-hydrogen) atoms. The molecule has 0 spiro atoms. The summed E-state index contributed by atoms with van der Waals surface area (Å²) in [5, 5.41) is 1.98. The van der Waals surface area contributed by atoms with E-state index in [1.165, 1.54) is 11.2 Å². The predicted octanol–water partition coefficient (Wildman–Crippen LogP) is 1.80. The van der Waals surface area contributed by atoms with Gasteiger partial charge in [-0.05, 0) is 18.4 Å². The van der Waals surface area contributed by atoms with Gasteiger partial charge in [-0.2, -0.15) is 0 Å². The normalized spacial score (nSPS) is 10.5. The number of rotatable bonds is 3. The van der Waals surface area contributed by atoms with Crippen LogP contribution in [0.4, 0.5) is 5.69 Å². The summed E-state index contributed by atoms with van der Waals surface area (Å²) in [6, 6.07) is 1.93. The average molecular weight is 182 g/mol. The van der Waals surface area contributed by atoms with Gasteiger partial charge in [-0.3, -0.25) is 4.79 Å². The lowest BCUT2D eigenvalue weighted by molar-refractivity contribution is -0.113. The molecule has 1 rings (SSSR count). The van der Waals surface area contributed by atoms with Crippen molar-refractivity contribution in [3.63, 3.8) is 0 Å². The highest BCUT2D eigenvalue weighted by molar-refractivity contribution is 7.10. The Morgan fingerprint density at radius 2 is 2.42 bits per heavy atom. The number of aryl methyl sites for hydroxylation is 1. The molecule has 0 aliphatic rings. The molecule has 0 unspecified atom stereocenters. The Kier molecular flexibility index (Phi) is 2.99. The van der Waals surface area contributed by atoms with Gasteiger partial charge in [0.1, 0.15) is 0 Å². The first-order valence-corrected chi connectivity index (χ1v) is 4.37. The number of aliphatic imine (C=N–C) groups is 1. The van der Waals surface area contributed by atoms with Crippen molar-refractivity contribution in [2.24, 2.45) is 4.99 Å². The van der Waals surface area contributed by atoms with Crippen LogP contribution in [0.2, 0.25) is 0 Å². The third-order valence-corrected chi connectivity index (χ3v) is 2.21. The second kappa shape index (κ2) is 4.01. The fraction of sp³-hybridized carbons (Fsp3) is 0.250. The van der Waals surface area contributed by atoms with Crippen molar-refractivity contribution in [3.8, 4) is 0 Å². The molecule has 64 valence electrons. The van der Waals surface area contributed by atoms with Crippen LogP contribution < -0.4 is 0 Å². The molecule has 0 saturated carbocycles. The first-order valence-electron chi connectivity index (χ1n) is 3.49. The zero-order chi connectivity index (χ0) is 8.97. The first-order chi connectivity index (χ1) is 5.74. The van der Waals surface area contributed by atoms with E-state index in [-0.39, 0.29) is 0 Å². The van der Waals surface area contributed by atoms with Crippen LogP contribution in [-0.2, 0) is 4.79 Å². The summed E-state index contributed by atoms with van der Waals surface area (Å²) in [6.07, 6.45) is 2.22. The number of hydrogen-bond donors (Lipinski definition) is 0. The van der Waals surface area contributed by atoms with E-state index in [9.17, 15) is 4.79 Å². The van der Waals surface area contributed by atoms with Crippen LogP contribution in [0.3, 0.4) is 0 Å². The maximum atomic E-state index is 10.2. The summed E-state index contributed by atoms with van der Waals surface area (Å²) in [7, 11) is 1.65. The lowest BCUT2D eigenvalue weighted by atomic mass is 10.4. The lowest BCUT2D eigenvalue weighted by Crippen LogP contribution is -2.12. The van der Waals surface area contributed by atoms with Gasteiger partial charge in [0.2, 0.25) is 6.41 Å². The molecule has 4 heteroatoms. The van der Waals surface area contributed by atoms with Gasteiger partial charge < -0.3 is 4.90 Å². The smallest absolute Gasteiger partial charge is 0.214 e. The first kappa shape index (κ1) is 8.93. The van der Waals surface area contributed by atoms with E-state index in [0.717, 1.165) is 10.6 Å². The molecular weight excluding hydrogens is 172 g/mol. The van der Waals surface area contributed by atoms with Crippen molar-refractivity contribution >= 4 is 29.8 Å². The van der Waals surface area contributed by atoms with Gasteiger partial charge >= 0.3 is 0 Å². The summed E-state index contributed by atoms with van der Waals surface area (Å²) in [5.41, 5.74) is 0.925. The zero-order valence-electron chi connectivity index (χ0n) is 7.02. The minimum atomic E-state index is 0.713. The third kappa shape index (κ3) is 2.17. The summed E-state index contributed by atoms with van der Waals surface area (Å²) in [6.45, 7) is 2.00. The van der Waals surface area contributed by atoms with E-state index in [4.69, 9.17) is 0 Å². The largest absolute Gasteiger partial charge is 0.309 e. The van der Waals surface area contributed by atoms with Gasteiger partial charge in [-0.25, -0.2) is 4.99 Å². The Hall–Kier alpha value is -1.16. The van der Waals surface area contributed by atoms with E-state index < -0.39 is 0 Å². The summed E-state index contributed by atoms with van der Waals surface area (Å²) in [5.74, 6) is 0. The Labute approximate surface area is 75.3 Å². The van der Waals surface area contributed by atoms with Crippen LogP contribution in [0.5, 0.6) is 0 Å². The monoisotopic (exact) mass is 182 g/mol. The maximum absolute atomic E-state index is 10.2. The molecule has 1 aromatic heterocycles. The van der Waals surface area contributed by atoms with Crippen molar-refractivity contribution in [1.82, 2.24) is 4.90 Å².